The van der Waals surface area contributed by atoms with Crippen LogP contribution in [-0.2, 0) is 14.3 Å². The maximum atomic E-state index is 12.2. The molecule has 0 N–H and O–H groups in total. The van der Waals surface area contributed by atoms with Gasteiger partial charge in [0.1, 0.15) is 12.4 Å². The fourth-order valence-electron chi connectivity index (χ4n) is 2.93. The minimum Gasteiger partial charge on any atom is -0.381 e. The number of nitrogens with zero attached hydrogens (tertiary/aromatic N) is 3. The molecule has 2 aliphatic rings. The van der Waals surface area contributed by atoms with Crippen LogP contribution in [0.1, 0.15) is 6.42 Å². The zero-order valence-electron chi connectivity index (χ0n) is 13.4. The molecule has 1 aromatic rings. The average molecular weight is 374 g/mol. The zero-order chi connectivity index (χ0) is 16.9. The highest BCUT2D eigenvalue weighted by atomic mass is 35.5. The van der Waals surface area contributed by atoms with E-state index < -0.39 is 0 Å². The molecule has 0 radical (unpaired) electrons. The van der Waals surface area contributed by atoms with Crippen LogP contribution in [0.15, 0.2) is 12.3 Å². The first-order valence-corrected chi connectivity index (χ1v) is 8.88. The van der Waals surface area contributed by atoms with Crippen LogP contribution >= 0.6 is 23.2 Å². The van der Waals surface area contributed by atoms with Gasteiger partial charge in [0.15, 0.2) is 0 Å². The third kappa shape index (κ3) is 4.51. The summed E-state index contributed by atoms with van der Waals surface area (Å²) in [7, 11) is 0. The molecule has 0 aromatic carbocycles. The topological polar surface area (TPSA) is 54.9 Å². The lowest BCUT2D eigenvalue weighted by molar-refractivity contribution is -0.136. The van der Waals surface area contributed by atoms with Crippen molar-refractivity contribution in [2.45, 2.75) is 6.42 Å². The van der Waals surface area contributed by atoms with Crippen molar-refractivity contribution in [3.05, 3.63) is 22.3 Å². The van der Waals surface area contributed by atoms with Gasteiger partial charge in [-0.05, 0) is 12.5 Å². The summed E-state index contributed by atoms with van der Waals surface area (Å²) in [5.41, 5.74) is 0. The van der Waals surface area contributed by atoms with E-state index in [-0.39, 0.29) is 12.5 Å². The Labute approximate surface area is 151 Å². The van der Waals surface area contributed by atoms with Crippen molar-refractivity contribution in [1.82, 2.24) is 9.88 Å². The Bertz CT molecular complexity index is 574. The minimum absolute atomic E-state index is 0.0312. The van der Waals surface area contributed by atoms with Gasteiger partial charge in [-0.25, -0.2) is 4.98 Å². The molecule has 1 atom stereocenters. The molecule has 0 spiro atoms. The van der Waals surface area contributed by atoms with Crippen LogP contribution in [0, 0.1) is 5.92 Å². The van der Waals surface area contributed by atoms with Crippen LogP contribution in [0.25, 0.3) is 0 Å². The summed E-state index contributed by atoms with van der Waals surface area (Å²) in [4.78, 5) is 20.4. The van der Waals surface area contributed by atoms with E-state index in [1.807, 2.05) is 4.90 Å². The lowest BCUT2D eigenvalue weighted by Gasteiger charge is -2.35. The van der Waals surface area contributed by atoms with Crippen molar-refractivity contribution < 1.29 is 14.3 Å². The van der Waals surface area contributed by atoms with Crippen molar-refractivity contribution in [1.29, 1.82) is 0 Å². The number of hydrogen-bond donors (Lipinski definition) is 0. The predicted molar refractivity (Wildman–Crippen MR) is 92.8 cm³/mol. The monoisotopic (exact) mass is 373 g/mol. The largest absolute Gasteiger partial charge is 0.381 e. The number of halogens is 2. The molecule has 3 heterocycles. The first-order valence-electron chi connectivity index (χ1n) is 8.13. The highest BCUT2D eigenvalue weighted by molar-refractivity contribution is 6.36. The van der Waals surface area contributed by atoms with Crippen LogP contribution in [0.4, 0.5) is 5.82 Å². The highest BCUT2D eigenvalue weighted by Crippen LogP contribution is 2.26. The number of pyridine rings is 1. The fraction of sp³-hybridized carbons (Fsp3) is 0.625. The summed E-state index contributed by atoms with van der Waals surface area (Å²) in [5, 5.41) is 1.05. The van der Waals surface area contributed by atoms with E-state index in [0.717, 1.165) is 19.6 Å². The van der Waals surface area contributed by atoms with Gasteiger partial charge < -0.3 is 19.3 Å². The first-order chi connectivity index (χ1) is 11.6. The van der Waals surface area contributed by atoms with Crippen LogP contribution in [0.3, 0.4) is 0 Å². The molecule has 0 aliphatic carbocycles. The molecule has 2 saturated heterocycles. The Morgan fingerprint density at radius 2 is 2.12 bits per heavy atom. The third-order valence-corrected chi connectivity index (χ3v) is 4.81. The summed E-state index contributed by atoms with van der Waals surface area (Å²) < 4.78 is 10.8. The van der Waals surface area contributed by atoms with Crippen LogP contribution in [0.2, 0.25) is 10.0 Å². The number of carbonyl (C=O) groups excluding carboxylic acids is 1. The van der Waals surface area contributed by atoms with Crippen molar-refractivity contribution in [3.8, 4) is 0 Å². The molecule has 0 unspecified atom stereocenters. The predicted octanol–water partition coefficient (Wildman–Crippen LogP) is 2.09. The molecule has 6 nitrogen and oxygen atoms in total. The van der Waals surface area contributed by atoms with E-state index in [4.69, 9.17) is 32.7 Å². The van der Waals surface area contributed by atoms with E-state index in [2.05, 4.69) is 9.88 Å². The molecule has 3 rings (SSSR count). The number of carbonyl (C=O) groups is 1. The molecule has 132 valence electrons. The van der Waals surface area contributed by atoms with Gasteiger partial charge in [0.25, 0.3) is 0 Å². The Hall–Kier alpha value is -1.08. The first kappa shape index (κ1) is 17.7. The van der Waals surface area contributed by atoms with Crippen molar-refractivity contribution in [2.24, 2.45) is 5.92 Å². The zero-order valence-corrected chi connectivity index (χ0v) is 14.9. The number of rotatable bonds is 5. The minimum atomic E-state index is 0.0312. The highest BCUT2D eigenvalue weighted by Gasteiger charge is 2.24. The maximum Gasteiger partial charge on any atom is 0.248 e. The quantitative estimate of drug-likeness (QED) is 0.790. The van der Waals surface area contributed by atoms with Crippen LogP contribution in [-0.4, -0.2) is 68.4 Å². The number of amides is 1. The molecule has 2 aliphatic heterocycles. The Morgan fingerprint density at radius 3 is 2.79 bits per heavy atom. The lowest BCUT2D eigenvalue weighted by Crippen LogP contribution is -2.50. The van der Waals surface area contributed by atoms with E-state index in [1.54, 1.807) is 12.3 Å². The molecule has 0 bridgehead atoms. The van der Waals surface area contributed by atoms with Gasteiger partial charge in [-0.3, -0.25) is 4.79 Å². The Balaban J connectivity index is 1.43. The number of anilines is 1. The number of hydrogen-bond acceptors (Lipinski definition) is 5. The fourth-order valence-corrected chi connectivity index (χ4v) is 3.43. The van der Waals surface area contributed by atoms with Crippen molar-refractivity contribution in [2.75, 3.05) is 57.5 Å². The second kappa shape index (κ2) is 8.34. The van der Waals surface area contributed by atoms with E-state index in [1.165, 1.54) is 0 Å². The Kier molecular flexibility index (Phi) is 6.16. The standard InChI is InChI=1S/C16H21Cl2N3O3/c17-13-7-14(18)16(19-8-13)21-4-2-20(3-5-21)15(22)11-24-10-12-1-6-23-9-12/h7-8,12H,1-6,9-11H2/t12-/m0/s1. The number of piperazine rings is 1. The molecule has 1 amide bonds. The number of aromatic nitrogens is 1. The molecule has 2 fully saturated rings. The Morgan fingerprint density at radius 1 is 1.33 bits per heavy atom. The van der Waals surface area contributed by atoms with Crippen LogP contribution < -0.4 is 4.90 Å². The van der Waals surface area contributed by atoms with Gasteiger partial charge in [0.05, 0.1) is 23.3 Å². The van der Waals surface area contributed by atoms with Gasteiger partial charge in [0.2, 0.25) is 5.91 Å². The molecule has 0 saturated carbocycles. The van der Waals surface area contributed by atoms with E-state index >= 15 is 0 Å². The smallest absolute Gasteiger partial charge is 0.248 e. The summed E-state index contributed by atoms with van der Waals surface area (Å²) >= 11 is 12.1. The maximum absolute atomic E-state index is 12.2. The summed E-state index contributed by atoms with van der Waals surface area (Å²) in [5.74, 6) is 1.17. The average Bonchev–Trinajstić information content (AvgIpc) is 3.08. The second-order valence-electron chi connectivity index (χ2n) is 6.07. The lowest BCUT2D eigenvalue weighted by atomic mass is 10.1. The molecular weight excluding hydrogens is 353 g/mol. The molecular formula is C16H21Cl2N3O3. The van der Waals surface area contributed by atoms with Gasteiger partial charge in [0, 0.05) is 44.9 Å². The summed E-state index contributed by atoms with van der Waals surface area (Å²) in [6, 6.07) is 1.68. The van der Waals surface area contributed by atoms with Gasteiger partial charge in [-0.15, -0.1) is 0 Å². The van der Waals surface area contributed by atoms with E-state index in [0.29, 0.717) is 54.6 Å². The normalized spacial score (nSPS) is 21.3. The molecule has 1 aromatic heterocycles. The second-order valence-corrected chi connectivity index (χ2v) is 6.92. The molecule has 8 heteroatoms. The van der Waals surface area contributed by atoms with Crippen molar-refractivity contribution in [3.63, 3.8) is 0 Å². The van der Waals surface area contributed by atoms with E-state index in [9.17, 15) is 4.79 Å². The molecule has 24 heavy (non-hydrogen) atoms. The van der Waals surface area contributed by atoms with Gasteiger partial charge in [-0.2, -0.15) is 0 Å². The third-order valence-electron chi connectivity index (χ3n) is 4.32. The van der Waals surface area contributed by atoms with Crippen LogP contribution in [0.5, 0.6) is 0 Å². The summed E-state index contributed by atoms with van der Waals surface area (Å²) in [6.45, 7) is 4.91. The summed E-state index contributed by atoms with van der Waals surface area (Å²) in [6.07, 6.45) is 2.60. The SMILES string of the molecule is O=C(COC[C@H]1CCOC1)N1CCN(c2ncc(Cl)cc2Cl)CC1. The van der Waals surface area contributed by atoms with Gasteiger partial charge in [-0.1, -0.05) is 23.2 Å². The number of ether oxygens (including phenoxy) is 2. The van der Waals surface area contributed by atoms with Gasteiger partial charge >= 0.3 is 0 Å². The van der Waals surface area contributed by atoms with Crippen molar-refractivity contribution >= 4 is 34.9 Å².